The van der Waals surface area contributed by atoms with Crippen LogP contribution < -0.4 is 4.90 Å². The molecule has 1 heterocycles. The number of fused-ring (bicyclic) bond motifs is 5. The van der Waals surface area contributed by atoms with Crippen molar-refractivity contribution in [2.75, 3.05) is 4.90 Å². The monoisotopic (exact) mass is 739 g/mol. The van der Waals surface area contributed by atoms with Crippen LogP contribution in [0.15, 0.2) is 229 Å². The van der Waals surface area contributed by atoms with E-state index in [2.05, 4.69) is 217 Å². The van der Waals surface area contributed by atoms with E-state index in [-0.39, 0.29) is 0 Å². The van der Waals surface area contributed by atoms with E-state index in [1.54, 1.807) is 0 Å². The molecule has 0 aliphatic carbocycles. The van der Waals surface area contributed by atoms with Gasteiger partial charge in [-0.25, -0.2) is 0 Å². The van der Waals surface area contributed by atoms with Crippen LogP contribution in [0.25, 0.3) is 88.0 Å². The number of anilines is 3. The highest BCUT2D eigenvalue weighted by Crippen LogP contribution is 2.45. The summed E-state index contributed by atoms with van der Waals surface area (Å²) in [6, 6.07) is 80.8. The maximum absolute atomic E-state index is 6.45. The van der Waals surface area contributed by atoms with Crippen molar-refractivity contribution in [2.45, 2.75) is 0 Å². The Morgan fingerprint density at radius 1 is 0.293 bits per heavy atom. The van der Waals surface area contributed by atoms with Crippen molar-refractivity contribution in [3.05, 3.63) is 224 Å². The molecule has 0 amide bonds. The van der Waals surface area contributed by atoms with E-state index in [1.165, 1.54) is 49.4 Å². The van der Waals surface area contributed by atoms with Crippen LogP contribution in [-0.2, 0) is 0 Å². The van der Waals surface area contributed by atoms with Gasteiger partial charge in [-0.2, -0.15) is 0 Å². The first kappa shape index (κ1) is 33.6. The molecule has 0 bridgehead atoms. The Morgan fingerprint density at radius 2 is 0.793 bits per heavy atom. The van der Waals surface area contributed by atoms with E-state index in [0.717, 1.165) is 55.7 Å². The Morgan fingerprint density at radius 3 is 1.52 bits per heavy atom. The smallest absolute Gasteiger partial charge is 0.143 e. The summed E-state index contributed by atoms with van der Waals surface area (Å²) < 4.78 is 6.45. The molecule has 11 aromatic rings. The molecule has 10 aromatic carbocycles. The van der Waals surface area contributed by atoms with E-state index in [1.807, 2.05) is 12.1 Å². The largest absolute Gasteiger partial charge is 0.455 e. The molecule has 58 heavy (non-hydrogen) atoms. The van der Waals surface area contributed by atoms with Gasteiger partial charge in [-0.15, -0.1) is 0 Å². The lowest BCUT2D eigenvalue weighted by Crippen LogP contribution is -2.11. The molecule has 1 aromatic heterocycles. The maximum atomic E-state index is 6.45. The van der Waals surface area contributed by atoms with Crippen LogP contribution in [-0.4, -0.2) is 0 Å². The average Bonchev–Trinajstić information content (AvgIpc) is 3.69. The van der Waals surface area contributed by atoms with Gasteiger partial charge >= 0.3 is 0 Å². The van der Waals surface area contributed by atoms with Crippen LogP contribution in [0, 0.1) is 0 Å². The molecular formula is C56H37NO. The van der Waals surface area contributed by atoms with E-state index >= 15 is 0 Å². The summed E-state index contributed by atoms with van der Waals surface area (Å²) in [5.74, 6) is 0. The summed E-state index contributed by atoms with van der Waals surface area (Å²) in [5.41, 5.74) is 14.3. The number of hydrogen-bond donors (Lipinski definition) is 0. The Kier molecular flexibility index (Phi) is 8.19. The van der Waals surface area contributed by atoms with Gasteiger partial charge in [0.05, 0.1) is 5.69 Å². The predicted octanol–water partition coefficient (Wildman–Crippen LogP) is 16.0. The van der Waals surface area contributed by atoms with Crippen molar-refractivity contribution < 1.29 is 4.42 Å². The molecule has 0 unspecified atom stereocenters. The minimum atomic E-state index is 0.903. The Labute approximate surface area is 337 Å². The van der Waals surface area contributed by atoms with Crippen molar-refractivity contribution >= 4 is 60.5 Å². The second-order valence-corrected chi connectivity index (χ2v) is 14.9. The van der Waals surface area contributed by atoms with Crippen molar-refractivity contribution in [1.82, 2.24) is 0 Å². The molecular weight excluding hydrogens is 703 g/mol. The maximum Gasteiger partial charge on any atom is 0.143 e. The fraction of sp³-hybridized carbons (Fsp3) is 0. The van der Waals surface area contributed by atoms with Crippen LogP contribution in [0.2, 0.25) is 0 Å². The van der Waals surface area contributed by atoms with Gasteiger partial charge in [0, 0.05) is 33.3 Å². The lowest BCUT2D eigenvalue weighted by Gasteiger charge is -2.29. The lowest BCUT2D eigenvalue weighted by molar-refractivity contribution is 0.670. The predicted molar refractivity (Wildman–Crippen MR) is 245 cm³/mol. The van der Waals surface area contributed by atoms with Gasteiger partial charge in [-0.1, -0.05) is 176 Å². The molecule has 0 saturated heterocycles. The number of hydrogen-bond acceptors (Lipinski definition) is 2. The molecule has 0 radical (unpaired) electrons. The summed E-state index contributed by atoms with van der Waals surface area (Å²) in [6.45, 7) is 0. The van der Waals surface area contributed by atoms with Crippen LogP contribution in [0.5, 0.6) is 0 Å². The third-order valence-electron chi connectivity index (χ3n) is 11.5. The van der Waals surface area contributed by atoms with E-state index in [4.69, 9.17) is 4.42 Å². The summed E-state index contributed by atoms with van der Waals surface area (Å²) in [4.78, 5) is 2.39. The molecule has 11 rings (SSSR count). The quantitative estimate of drug-likeness (QED) is 0.162. The summed E-state index contributed by atoms with van der Waals surface area (Å²) in [7, 11) is 0. The highest BCUT2D eigenvalue weighted by atomic mass is 16.3. The minimum absolute atomic E-state index is 0.903. The summed E-state index contributed by atoms with van der Waals surface area (Å²) in [6.07, 6.45) is 0. The number of nitrogens with zero attached hydrogens (tertiary/aromatic N) is 1. The highest BCUT2D eigenvalue weighted by Gasteiger charge is 2.20. The number of benzene rings is 10. The first-order valence-electron chi connectivity index (χ1n) is 19.8. The number of furan rings is 1. The Balaban J connectivity index is 1.05. The normalized spacial score (nSPS) is 11.4. The van der Waals surface area contributed by atoms with Crippen molar-refractivity contribution in [2.24, 2.45) is 0 Å². The molecule has 0 aliphatic heterocycles. The molecule has 2 heteroatoms. The van der Waals surface area contributed by atoms with Gasteiger partial charge in [0.15, 0.2) is 0 Å². The van der Waals surface area contributed by atoms with Crippen LogP contribution >= 0.6 is 0 Å². The molecule has 0 fully saturated rings. The van der Waals surface area contributed by atoms with Crippen molar-refractivity contribution in [3.63, 3.8) is 0 Å². The first-order valence-corrected chi connectivity index (χ1v) is 19.8. The third kappa shape index (κ3) is 5.91. The third-order valence-corrected chi connectivity index (χ3v) is 11.5. The number of rotatable bonds is 7. The molecule has 0 N–H and O–H groups in total. The minimum Gasteiger partial charge on any atom is -0.455 e. The van der Waals surface area contributed by atoms with Crippen LogP contribution in [0.1, 0.15) is 0 Å². The molecule has 0 aliphatic rings. The SMILES string of the molecule is c1ccc(-c2ccccc2N(c2ccc(-c3ccc4ccccc4c3)cc2)c2ccc(-c3cccc4c3oc3ccccc34)cc2)c(-c2ccc3ccccc3c2)c1. The first-order chi connectivity index (χ1) is 28.7. The van der Waals surface area contributed by atoms with Gasteiger partial charge in [0.25, 0.3) is 0 Å². The molecule has 0 atom stereocenters. The molecule has 0 spiro atoms. The molecule has 272 valence electrons. The van der Waals surface area contributed by atoms with Crippen LogP contribution in [0.4, 0.5) is 17.1 Å². The van der Waals surface area contributed by atoms with E-state index in [0.29, 0.717) is 0 Å². The van der Waals surface area contributed by atoms with E-state index in [9.17, 15) is 0 Å². The Hall–Kier alpha value is -7.68. The lowest BCUT2D eigenvalue weighted by atomic mass is 9.92. The average molecular weight is 740 g/mol. The van der Waals surface area contributed by atoms with Gasteiger partial charge in [-0.3, -0.25) is 0 Å². The topological polar surface area (TPSA) is 16.4 Å². The van der Waals surface area contributed by atoms with Gasteiger partial charge in [0.2, 0.25) is 0 Å². The Bertz CT molecular complexity index is 3280. The zero-order valence-electron chi connectivity index (χ0n) is 31.7. The van der Waals surface area contributed by atoms with Gasteiger partial charge in [-0.05, 0) is 103 Å². The summed E-state index contributed by atoms with van der Waals surface area (Å²) >= 11 is 0. The fourth-order valence-electron chi connectivity index (χ4n) is 8.59. The second kappa shape index (κ2) is 14.1. The van der Waals surface area contributed by atoms with Crippen molar-refractivity contribution in [3.8, 4) is 44.5 Å². The standard InChI is InChI=1S/C56H37NO/c1-3-14-42-36-44(26-24-38(42)12-1)40-28-32-46(33-29-40)57(47-34-30-41(31-35-47)49-20-11-21-53-52-19-8-10-23-55(52)58-56(49)53)54-22-9-7-18-51(54)50-17-6-5-16-48(50)45-27-25-39-13-2-4-15-43(39)37-45/h1-37H. The molecule has 2 nitrogen and oxygen atoms in total. The van der Waals surface area contributed by atoms with E-state index < -0.39 is 0 Å². The van der Waals surface area contributed by atoms with Crippen molar-refractivity contribution in [1.29, 1.82) is 0 Å². The number of para-hydroxylation sites is 3. The molecule has 0 saturated carbocycles. The second-order valence-electron chi connectivity index (χ2n) is 14.9. The highest BCUT2D eigenvalue weighted by molar-refractivity contribution is 6.09. The van der Waals surface area contributed by atoms with Crippen LogP contribution in [0.3, 0.4) is 0 Å². The fourth-order valence-corrected chi connectivity index (χ4v) is 8.59. The van der Waals surface area contributed by atoms with Gasteiger partial charge in [0.1, 0.15) is 11.2 Å². The zero-order valence-corrected chi connectivity index (χ0v) is 31.7. The zero-order chi connectivity index (χ0) is 38.4. The summed E-state index contributed by atoms with van der Waals surface area (Å²) in [5, 5.41) is 7.22. The van der Waals surface area contributed by atoms with Gasteiger partial charge < -0.3 is 9.32 Å².